The fourth-order valence-electron chi connectivity index (χ4n) is 2.04. The summed E-state index contributed by atoms with van der Waals surface area (Å²) in [5.41, 5.74) is 7.94. The number of nitrogens with two attached hydrogens (primary N) is 1. The molecular weight excluding hydrogens is 310 g/mol. The molecule has 114 valence electrons. The Labute approximate surface area is 129 Å². The Morgan fingerprint density at radius 2 is 1.76 bits per heavy atom. The smallest absolute Gasteiger partial charge is 0.158 e. The molecule has 1 aromatic heterocycles. The van der Waals surface area contributed by atoms with Crippen LogP contribution in [-0.2, 0) is 21.6 Å². The van der Waals surface area contributed by atoms with Gasteiger partial charge in [-0.25, -0.2) is 8.42 Å². The molecule has 0 radical (unpaired) electrons. The number of halogens is 1. The SMILES string of the molecule is Cn1nc(C(C)(C)S(C)(=O)=O)c(-c2ccc(Cl)cc2)c1N. The van der Waals surface area contributed by atoms with Gasteiger partial charge >= 0.3 is 0 Å². The van der Waals surface area contributed by atoms with Crippen molar-refractivity contribution in [2.45, 2.75) is 18.6 Å². The molecule has 0 aliphatic rings. The van der Waals surface area contributed by atoms with Crippen LogP contribution >= 0.6 is 11.6 Å². The average molecular weight is 328 g/mol. The summed E-state index contributed by atoms with van der Waals surface area (Å²) in [5, 5.41) is 4.93. The molecule has 0 saturated heterocycles. The maximum atomic E-state index is 12.1. The Balaban J connectivity index is 2.76. The first kappa shape index (κ1) is 15.9. The Morgan fingerprint density at radius 1 is 1.24 bits per heavy atom. The van der Waals surface area contributed by atoms with Crippen molar-refractivity contribution < 1.29 is 8.42 Å². The number of hydrogen-bond donors (Lipinski definition) is 1. The largest absolute Gasteiger partial charge is 0.383 e. The zero-order valence-corrected chi connectivity index (χ0v) is 14.0. The number of aromatic nitrogens is 2. The van der Waals surface area contributed by atoms with Gasteiger partial charge in [-0.15, -0.1) is 0 Å². The summed E-state index contributed by atoms with van der Waals surface area (Å²) >= 11 is 5.90. The van der Waals surface area contributed by atoms with Gasteiger partial charge in [0.05, 0.1) is 5.69 Å². The Hall–Kier alpha value is -1.53. The van der Waals surface area contributed by atoms with E-state index < -0.39 is 14.6 Å². The van der Waals surface area contributed by atoms with Crippen molar-refractivity contribution >= 4 is 27.3 Å². The van der Waals surface area contributed by atoms with Crippen LogP contribution in [0.15, 0.2) is 24.3 Å². The number of aryl methyl sites for hydroxylation is 1. The minimum Gasteiger partial charge on any atom is -0.383 e. The van der Waals surface area contributed by atoms with Gasteiger partial charge in [-0.3, -0.25) is 4.68 Å². The summed E-state index contributed by atoms with van der Waals surface area (Å²) in [6, 6.07) is 7.08. The monoisotopic (exact) mass is 327 g/mol. The number of anilines is 1. The molecule has 0 saturated carbocycles. The molecule has 1 heterocycles. The molecule has 0 bridgehead atoms. The van der Waals surface area contributed by atoms with E-state index in [2.05, 4.69) is 5.10 Å². The van der Waals surface area contributed by atoms with Crippen LogP contribution in [0.25, 0.3) is 11.1 Å². The van der Waals surface area contributed by atoms with Crippen molar-refractivity contribution in [3.8, 4) is 11.1 Å². The quantitative estimate of drug-likeness (QED) is 0.940. The number of rotatable bonds is 3. The van der Waals surface area contributed by atoms with E-state index in [1.165, 1.54) is 10.9 Å². The summed E-state index contributed by atoms with van der Waals surface area (Å²) in [6.07, 6.45) is 1.20. The van der Waals surface area contributed by atoms with E-state index >= 15 is 0 Å². The zero-order valence-electron chi connectivity index (χ0n) is 12.4. The summed E-state index contributed by atoms with van der Waals surface area (Å²) in [6.45, 7) is 3.26. The van der Waals surface area contributed by atoms with Gasteiger partial charge < -0.3 is 5.73 Å². The Kier molecular flexibility index (Phi) is 3.80. The molecular formula is C14H18ClN3O2S. The third-order valence-electron chi connectivity index (χ3n) is 3.72. The van der Waals surface area contributed by atoms with E-state index in [-0.39, 0.29) is 0 Å². The van der Waals surface area contributed by atoms with Gasteiger partial charge in [0, 0.05) is 23.9 Å². The van der Waals surface area contributed by atoms with Crippen molar-refractivity contribution in [3.05, 3.63) is 35.0 Å². The van der Waals surface area contributed by atoms with E-state index in [9.17, 15) is 8.42 Å². The molecule has 2 aromatic rings. The van der Waals surface area contributed by atoms with Crippen LogP contribution in [0.4, 0.5) is 5.82 Å². The number of nitrogen functional groups attached to an aromatic ring is 1. The summed E-state index contributed by atoms with van der Waals surface area (Å²) in [4.78, 5) is 0. The lowest BCUT2D eigenvalue weighted by Crippen LogP contribution is -2.29. The first-order valence-electron chi connectivity index (χ1n) is 6.34. The molecule has 21 heavy (non-hydrogen) atoms. The Morgan fingerprint density at radius 3 is 2.24 bits per heavy atom. The highest BCUT2D eigenvalue weighted by Gasteiger charge is 2.38. The van der Waals surface area contributed by atoms with Crippen LogP contribution in [0.3, 0.4) is 0 Å². The molecule has 0 aliphatic heterocycles. The first-order valence-corrected chi connectivity index (χ1v) is 8.61. The van der Waals surface area contributed by atoms with Crippen molar-refractivity contribution in [2.75, 3.05) is 12.0 Å². The van der Waals surface area contributed by atoms with Gasteiger partial charge in [0.15, 0.2) is 9.84 Å². The van der Waals surface area contributed by atoms with Crippen LogP contribution in [0.5, 0.6) is 0 Å². The number of benzene rings is 1. The summed E-state index contributed by atoms with van der Waals surface area (Å²) in [7, 11) is -1.66. The van der Waals surface area contributed by atoms with Crippen LogP contribution in [0.1, 0.15) is 19.5 Å². The van der Waals surface area contributed by atoms with E-state index in [1.54, 1.807) is 45.2 Å². The second-order valence-corrected chi connectivity index (χ2v) is 8.52. The third kappa shape index (κ3) is 2.65. The van der Waals surface area contributed by atoms with Crippen LogP contribution in [0.2, 0.25) is 5.02 Å². The van der Waals surface area contributed by atoms with Crippen LogP contribution in [0, 0.1) is 0 Å². The van der Waals surface area contributed by atoms with Crippen LogP contribution < -0.4 is 5.73 Å². The predicted molar refractivity (Wildman–Crippen MR) is 85.9 cm³/mol. The normalized spacial score (nSPS) is 12.6. The Bertz CT molecular complexity index is 777. The lowest BCUT2D eigenvalue weighted by molar-refractivity contribution is 0.553. The summed E-state index contributed by atoms with van der Waals surface area (Å²) < 4.78 is 24.6. The highest BCUT2D eigenvalue weighted by Crippen LogP contribution is 2.39. The van der Waals surface area contributed by atoms with Crippen molar-refractivity contribution in [3.63, 3.8) is 0 Å². The van der Waals surface area contributed by atoms with Crippen molar-refractivity contribution in [1.82, 2.24) is 9.78 Å². The highest BCUT2D eigenvalue weighted by molar-refractivity contribution is 7.91. The number of nitrogens with zero attached hydrogens (tertiary/aromatic N) is 2. The van der Waals surface area contributed by atoms with Crippen molar-refractivity contribution in [2.24, 2.45) is 7.05 Å². The number of hydrogen-bond acceptors (Lipinski definition) is 4. The predicted octanol–water partition coefficient (Wildman–Crippen LogP) is 2.60. The minimum atomic E-state index is -3.35. The molecule has 5 nitrogen and oxygen atoms in total. The van der Waals surface area contributed by atoms with E-state index in [1.807, 2.05) is 0 Å². The van der Waals surface area contributed by atoms with Gasteiger partial charge in [-0.05, 0) is 31.5 Å². The van der Waals surface area contributed by atoms with Gasteiger partial charge in [0.2, 0.25) is 0 Å². The van der Waals surface area contributed by atoms with E-state index in [4.69, 9.17) is 17.3 Å². The fourth-order valence-corrected chi connectivity index (χ4v) is 2.66. The second-order valence-electron chi connectivity index (χ2n) is 5.52. The minimum absolute atomic E-state index is 0.420. The lowest BCUT2D eigenvalue weighted by atomic mass is 9.98. The summed E-state index contributed by atoms with van der Waals surface area (Å²) in [5.74, 6) is 0.420. The highest BCUT2D eigenvalue weighted by atomic mass is 35.5. The van der Waals surface area contributed by atoms with E-state index in [0.29, 0.717) is 22.1 Å². The van der Waals surface area contributed by atoms with Crippen molar-refractivity contribution in [1.29, 1.82) is 0 Å². The fraction of sp³-hybridized carbons (Fsp3) is 0.357. The first-order chi connectivity index (χ1) is 9.55. The standard InChI is InChI=1S/C14H18ClN3O2S/c1-14(2,21(4,19)20)12-11(13(16)18(3)17-12)9-5-7-10(15)8-6-9/h5-8H,16H2,1-4H3. The molecule has 0 amide bonds. The maximum Gasteiger partial charge on any atom is 0.158 e. The molecule has 0 fully saturated rings. The van der Waals surface area contributed by atoms with Crippen LogP contribution in [-0.4, -0.2) is 24.5 Å². The zero-order chi connectivity index (χ0) is 16.0. The number of sulfone groups is 1. The maximum absolute atomic E-state index is 12.1. The van der Waals surface area contributed by atoms with Gasteiger partial charge in [0.1, 0.15) is 10.6 Å². The molecule has 1 aromatic carbocycles. The molecule has 2 N–H and O–H groups in total. The molecule has 0 unspecified atom stereocenters. The van der Waals surface area contributed by atoms with Gasteiger partial charge in [0.25, 0.3) is 0 Å². The van der Waals surface area contributed by atoms with E-state index in [0.717, 1.165) is 5.56 Å². The lowest BCUT2D eigenvalue weighted by Gasteiger charge is -2.21. The molecule has 0 aliphatic carbocycles. The van der Waals surface area contributed by atoms with Gasteiger partial charge in [-0.1, -0.05) is 23.7 Å². The second kappa shape index (κ2) is 5.03. The molecule has 7 heteroatoms. The van der Waals surface area contributed by atoms with Gasteiger partial charge in [-0.2, -0.15) is 5.10 Å². The third-order valence-corrected chi connectivity index (χ3v) is 6.02. The average Bonchev–Trinajstić information content (AvgIpc) is 2.66. The molecule has 0 atom stereocenters. The molecule has 2 rings (SSSR count). The topological polar surface area (TPSA) is 78.0 Å². The molecule has 0 spiro atoms.